The molecule has 1 fully saturated rings. The Morgan fingerprint density at radius 2 is 1.95 bits per heavy atom. The van der Waals surface area contributed by atoms with Gasteiger partial charge in [-0.15, -0.1) is 0 Å². The summed E-state index contributed by atoms with van der Waals surface area (Å²) >= 11 is 0. The van der Waals surface area contributed by atoms with Crippen molar-refractivity contribution < 1.29 is 4.79 Å². The van der Waals surface area contributed by atoms with Crippen molar-refractivity contribution in [1.82, 2.24) is 9.80 Å². The average molecular weight is 300 g/mol. The van der Waals surface area contributed by atoms with Crippen LogP contribution in [0, 0.1) is 5.92 Å². The maximum Gasteiger partial charge on any atom is 0.225 e. The predicted octanol–water partition coefficient (Wildman–Crippen LogP) is 3.04. The van der Waals surface area contributed by atoms with Crippen LogP contribution in [0.15, 0.2) is 18.2 Å². The molecule has 2 aliphatic rings. The smallest absolute Gasteiger partial charge is 0.225 e. The van der Waals surface area contributed by atoms with E-state index in [1.165, 1.54) is 24.0 Å². The van der Waals surface area contributed by atoms with Crippen LogP contribution in [-0.4, -0.2) is 41.9 Å². The first-order valence-electron chi connectivity index (χ1n) is 8.74. The van der Waals surface area contributed by atoms with Gasteiger partial charge in [-0.05, 0) is 36.0 Å². The number of hydrogen-bond acceptors (Lipinski definition) is 2. The predicted molar refractivity (Wildman–Crippen MR) is 89.9 cm³/mol. The molecule has 1 amide bonds. The van der Waals surface area contributed by atoms with Crippen molar-refractivity contribution in [2.75, 3.05) is 26.2 Å². The van der Waals surface area contributed by atoms with Gasteiger partial charge in [0.25, 0.3) is 0 Å². The Morgan fingerprint density at radius 1 is 1.23 bits per heavy atom. The molecule has 3 rings (SSSR count). The van der Waals surface area contributed by atoms with E-state index in [9.17, 15) is 4.79 Å². The Balaban J connectivity index is 1.68. The minimum Gasteiger partial charge on any atom is -0.340 e. The summed E-state index contributed by atoms with van der Waals surface area (Å²) < 4.78 is 0. The average Bonchev–Trinajstić information content (AvgIpc) is 2.97. The first-order valence-corrected chi connectivity index (χ1v) is 8.74. The highest BCUT2D eigenvalue weighted by Crippen LogP contribution is 2.36. The SMILES string of the molecule is CCc1ccc2c(c1)C(N1CCN(C(=O)C(C)C)CC1)CC2. The molecule has 0 saturated carbocycles. The van der Waals surface area contributed by atoms with E-state index in [1.54, 1.807) is 5.56 Å². The van der Waals surface area contributed by atoms with Gasteiger partial charge in [0.05, 0.1) is 0 Å². The number of amides is 1. The van der Waals surface area contributed by atoms with Crippen LogP contribution in [0.25, 0.3) is 0 Å². The number of hydrogen-bond donors (Lipinski definition) is 0. The van der Waals surface area contributed by atoms with Crippen LogP contribution in [0.5, 0.6) is 0 Å². The van der Waals surface area contributed by atoms with E-state index in [1.807, 2.05) is 18.7 Å². The first kappa shape index (κ1) is 15.5. The molecule has 1 unspecified atom stereocenters. The van der Waals surface area contributed by atoms with Gasteiger partial charge in [-0.25, -0.2) is 0 Å². The number of carbonyl (C=O) groups excluding carboxylic acids is 1. The van der Waals surface area contributed by atoms with Gasteiger partial charge in [0.1, 0.15) is 0 Å². The Bertz CT molecular complexity index is 544. The van der Waals surface area contributed by atoms with Crippen LogP contribution in [0.1, 0.15) is 49.9 Å². The molecule has 1 aliphatic carbocycles. The first-order chi connectivity index (χ1) is 10.6. The summed E-state index contributed by atoms with van der Waals surface area (Å²) in [6.45, 7) is 10.0. The second-order valence-electron chi connectivity index (χ2n) is 6.96. The molecular formula is C19H28N2O. The Labute approximate surface area is 134 Å². The third-order valence-electron chi connectivity index (χ3n) is 5.23. The lowest BCUT2D eigenvalue weighted by atomic mass is 10.0. The molecule has 0 bridgehead atoms. The number of carbonyl (C=O) groups is 1. The van der Waals surface area contributed by atoms with Crippen molar-refractivity contribution in [3.05, 3.63) is 34.9 Å². The Morgan fingerprint density at radius 3 is 2.59 bits per heavy atom. The maximum atomic E-state index is 12.1. The van der Waals surface area contributed by atoms with Crippen molar-refractivity contribution in [2.45, 2.75) is 46.1 Å². The highest BCUT2D eigenvalue weighted by Gasteiger charge is 2.31. The molecule has 1 atom stereocenters. The van der Waals surface area contributed by atoms with Crippen LogP contribution >= 0.6 is 0 Å². The number of fused-ring (bicyclic) bond motifs is 1. The molecule has 0 N–H and O–H groups in total. The summed E-state index contributed by atoms with van der Waals surface area (Å²) in [5.41, 5.74) is 4.52. The van der Waals surface area contributed by atoms with E-state index in [0.717, 1.165) is 32.6 Å². The van der Waals surface area contributed by atoms with Crippen molar-refractivity contribution in [3.8, 4) is 0 Å². The molecule has 1 saturated heterocycles. The molecule has 1 aliphatic heterocycles. The van der Waals surface area contributed by atoms with Crippen molar-refractivity contribution >= 4 is 5.91 Å². The minimum atomic E-state index is 0.117. The summed E-state index contributed by atoms with van der Waals surface area (Å²) in [5.74, 6) is 0.422. The summed E-state index contributed by atoms with van der Waals surface area (Å²) in [6.07, 6.45) is 3.55. The summed E-state index contributed by atoms with van der Waals surface area (Å²) in [4.78, 5) is 16.7. The molecule has 3 nitrogen and oxygen atoms in total. The standard InChI is InChI=1S/C19H28N2O/c1-4-15-5-6-16-7-8-18(17(16)13-15)20-9-11-21(12-10-20)19(22)14(2)3/h5-6,13-14,18H,4,7-12H2,1-3H3. The number of benzene rings is 1. The summed E-state index contributed by atoms with van der Waals surface area (Å²) in [5, 5.41) is 0. The van der Waals surface area contributed by atoms with Crippen LogP contribution < -0.4 is 0 Å². The van der Waals surface area contributed by atoms with Crippen molar-refractivity contribution in [2.24, 2.45) is 5.92 Å². The second kappa shape index (κ2) is 6.41. The number of nitrogens with zero attached hydrogens (tertiary/aromatic N) is 2. The second-order valence-corrected chi connectivity index (χ2v) is 6.96. The normalized spacial score (nSPS) is 22.2. The Hall–Kier alpha value is -1.35. The number of aryl methyl sites for hydroxylation is 2. The quantitative estimate of drug-likeness (QED) is 0.856. The lowest BCUT2D eigenvalue weighted by Gasteiger charge is -2.39. The maximum absolute atomic E-state index is 12.1. The fraction of sp³-hybridized carbons (Fsp3) is 0.632. The van der Waals surface area contributed by atoms with E-state index in [-0.39, 0.29) is 5.92 Å². The molecule has 0 spiro atoms. The van der Waals surface area contributed by atoms with Crippen LogP contribution in [0.3, 0.4) is 0 Å². The zero-order valence-corrected chi connectivity index (χ0v) is 14.1. The third kappa shape index (κ3) is 2.91. The molecule has 3 heteroatoms. The van der Waals surface area contributed by atoms with Crippen molar-refractivity contribution in [1.29, 1.82) is 0 Å². The van der Waals surface area contributed by atoms with Gasteiger partial charge in [-0.3, -0.25) is 9.69 Å². The van der Waals surface area contributed by atoms with Crippen molar-refractivity contribution in [3.63, 3.8) is 0 Å². The monoisotopic (exact) mass is 300 g/mol. The number of piperazine rings is 1. The van der Waals surface area contributed by atoms with E-state index in [4.69, 9.17) is 0 Å². The molecule has 1 aromatic rings. The summed E-state index contributed by atoms with van der Waals surface area (Å²) in [6, 6.07) is 7.59. The highest BCUT2D eigenvalue weighted by molar-refractivity contribution is 5.78. The lowest BCUT2D eigenvalue weighted by Crippen LogP contribution is -2.50. The topological polar surface area (TPSA) is 23.6 Å². The molecule has 0 aromatic heterocycles. The van der Waals surface area contributed by atoms with Gasteiger partial charge in [0.2, 0.25) is 5.91 Å². The van der Waals surface area contributed by atoms with E-state index < -0.39 is 0 Å². The van der Waals surface area contributed by atoms with Gasteiger partial charge in [0, 0.05) is 38.1 Å². The Kier molecular flexibility index (Phi) is 4.53. The van der Waals surface area contributed by atoms with Gasteiger partial charge in [0.15, 0.2) is 0 Å². The molecule has 0 radical (unpaired) electrons. The van der Waals surface area contributed by atoms with Crippen LogP contribution in [-0.2, 0) is 17.6 Å². The highest BCUT2D eigenvalue weighted by atomic mass is 16.2. The largest absolute Gasteiger partial charge is 0.340 e. The van der Waals surface area contributed by atoms with E-state index in [0.29, 0.717) is 11.9 Å². The summed E-state index contributed by atoms with van der Waals surface area (Å²) in [7, 11) is 0. The molecule has 22 heavy (non-hydrogen) atoms. The van der Waals surface area contributed by atoms with Gasteiger partial charge < -0.3 is 4.90 Å². The third-order valence-corrected chi connectivity index (χ3v) is 5.23. The molecular weight excluding hydrogens is 272 g/mol. The van der Waals surface area contributed by atoms with Gasteiger partial charge in [-0.1, -0.05) is 39.0 Å². The van der Waals surface area contributed by atoms with Gasteiger partial charge in [-0.2, -0.15) is 0 Å². The van der Waals surface area contributed by atoms with E-state index >= 15 is 0 Å². The molecule has 1 heterocycles. The molecule has 1 aromatic carbocycles. The van der Waals surface area contributed by atoms with E-state index in [2.05, 4.69) is 30.0 Å². The zero-order chi connectivity index (χ0) is 15.7. The fourth-order valence-electron chi connectivity index (χ4n) is 3.85. The molecule has 120 valence electrons. The lowest BCUT2D eigenvalue weighted by molar-refractivity contribution is -0.136. The zero-order valence-electron chi connectivity index (χ0n) is 14.1. The fourth-order valence-corrected chi connectivity index (χ4v) is 3.85. The van der Waals surface area contributed by atoms with Crippen LogP contribution in [0.4, 0.5) is 0 Å². The van der Waals surface area contributed by atoms with Gasteiger partial charge >= 0.3 is 0 Å². The number of rotatable bonds is 3. The van der Waals surface area contributed by atoms with Crippen LogP contribution in [0.2, 0.25) is 0 Å². The minimum absolute atomic E-state index is 0.117.